The van der Waals surface area contributed by atoms with E-state index in [1.807, 2.05) is 0 Å². The Balaban J connectivity index is 2.04. The molecule has 1 heterocycles. The van der Waals surface area contributed by atoms with E-state index in [0.717, 1.165) is 0 Å². The van der Waals surface area contributed by atoms with E-state index in [4.69, 9.17) is 18.9 Å². The summed E-state index contributed by atoms with van der Waals surface area (Å²) in [6.07, 6.45) is -1.89. The first-order valence-corrected chi connectivity index (χ1v) is 9.07. The molecule has 9 nitrogen and oxygen atoms in total. The van der Waals surface area contributed by atoms with Gasteiger partial charge in [-0.15, -0.1) is 0 Å². The molecule has 3 aliphatic rings. The minimum atomic E-state index is -3.03. The summed E-state index contributed by atoms with van der Waals surface area (Å²) < 4.78 is 21.9. The van der Waals surface area contributed by atoms with E-state index in [1.54, 1.807) is 13.8 Å². The van der Waals surface area contributed by atoms with Crippen molar-refractivity contribution >= 4 is 17.3 Å². The maximum atomic E-state index is 13.5. The van der Waals surface area contributed by atoms with Crippen molar-refractivity contribution in [2.45, 2.75) is 55.9 Å². The molecule has 1 aliphatic heterocycles. The average Bonchev–Trinajstić information content (AvgIpc) is 2.91. The zero-order valence-electron chi connectivity index (χ0n) is 16.7. The van der Waals surface area contributed by atoms with Crippen LogP contribution in [-0.2, 0) is 14.3 Å². The third kappa shape index (κ3) is 2.21. The molecule has 2 aliphatic carbocycles. The van der Waals surface area contributed by atoms with Crippen molar-refractivity contribution in [1.82, 2.24) is 0 Å². The standard InChI is InChI=1S/C20H22O9/c1-17(2)28-16-18(3,29-17)8-12(21)19(24)15(23)13-10(14(22)20(16,19)25)6-9(26-4)7-11(13)27-5/h6-7,16,24-25H,8H2,1-5H3/t16-,18-,19+,20+/m0/s1. The molecule has 0 radical (unpaired) electrons. The van der Waals surface area contributed by atoms with Crippen LogP contribution < -0.4 is 9.47 Å². The number of fused-ring (bicyclic) bond motifs is 4. The van der Waals surface area contributed by atoms with Crippen LogP contribution in [0.15, 0.2) is 12.1 Å². The molecule has 4 rings (SSSR count). The maximum Gasteiger partial charge on any atom is 0.225 e. The van der Waals surface area contributed by atoms with Gasteiger partial charge in [-0.2, -0.15) is 0 Å². The molecular formula is C20H22O9. The fourth-order valence-corrected chi connectivity index (χ4v) is 4.80. The van der Waals surface area contributed by atoms with Crippen LogP contribution in [0.5, 0.6) is 11.5 Å². The molecule has 1 aromatic rings. The van der Waals surface area contributed by atoms with Crippen molar-refractivity contribution in [1.29, 1.82) is 0 Å². The molecule has 0 unspecified atom stereocenters. The molecule has 1 aromatic carbocycles. The predicted molar refractivity (Wildman–Crippen MR) is 96.2 cm³/mol. The first-order chi connectivity index (χ1) is 13.4. The second kappa shape index (κ2) is 5.63. The number of hydrogen-bond acceptors (Lipinski definition) is 9. The van der Waals surface area contributed by atoms with Crippen LogP contribution in [-0.4, -0.2) is 70.5 Å². The lowest BCUT2D eigenvalue weighted by Gasteiger charge is -2.52. The number of hydrogen-bond donors (Lipinski definition) is 2. The van der Waals surface area contributed by atoms with Gasteiger partial charge in [0.15, 0.2) is 11.6 Å². The van der Waals surface area contributed by atoms with Crippen molar-refractivity contribution in [3.05, 3.63) is 23.3 Å². The van der Waals surface area contributed by atoms with Gasteiger partial charge < -0.3 is 29.2 Å². The third-order valence-electron chi connectivity index (χ3n) is 5.96. The highest BCUT2D eigenvalue weighted by Gasteiger charge is 2.79. The molecule has 0 spiro atoms. The van der Waals surface area contributed by atoms with Crippen LogP contribution in [0.2, 0.25) is 0 Å². The highest BCUT2D eigenvalue weighted by molar-refractivity contribution is 6.32. The van der Waals surface area contributed by atoms with Crippen molar-refractivity contribution in [3.63, 3.8) is 0 Å². The molecule has 1 saturated heterocycles. The van der Waals surface area contributed by atoms with Gasteiger partial charge >= 0.3 is 0 Å². The van der Waals surface area contributed by atoms with E-state index < -0.39 is 52.5 Å². The summed E-state index contributed by atoms with van der Waals surface area (Å²) >= 11 is 0. The zero-order chi connectivity index (χ0) is 21.6. The Kier molecular flexibility index (Phi) is 3.88. The molecule has 0 aromatic heterocycles. The van der Waals surface area contributed by atoms with E-state index >= 15 is 0 Å². The molecule has 2 N–H and O–H groups in total. The Morgan fingerprint density at radius 2 is 1.69 bits per heavy atom. The van der Waals surface area contributed by atoms with Gasteiger partial charge in [-0.25, -0.2) is 0 Å². The van der Waals surface area contributed by atoms with Crippen LogP contribution in [0, 0.1) is 0 Å². The van der Waals surface area contributed by atoms with Crippen LogP contribution in [0.25, 0.3) is 0 Å². The van der Waals surface area contributed by atoms with Gasteiger partial charge in [0, 0.05) is 18.1 Å². The largest absolute Gasteiger partial charge is 0.497 e. The summed E-state index contributed by atoms with van der Waals surface area (Å²) in [6.45, 7) is 4.61. The second-order valence-electron chi connectivity index (χ2n) is 8.30. The fourth-order valence-electron chi connectivity index (χ4n) is 4.80. The number of carbonyl (C=O) groups is 3. The summed E-state index contributed by atoms with van der Waals surface area (Å²) in [6, 6.07) is 2.61. The lowest BCUT2D eigenvalue weighted by molar-refractivity contribution is -0.202. The van der Waals surface area contributed by atoms with Crippen LogP contribution in [0.3, 0.4) is 0 Å². The number of carbonyl (C=O) groups excluding carboxylic acids is 3. The molecule has 4 atom stereocenters. The lowest BCUT2D eigenvalue weighted by atomic mass is 9.55. The number of rotatable bonds is 2. The van der Waals surface area contributed by atoms with E-state index in [2.05, 4.69) is 0 Å². The quantitative estimate of drug-likeness (QED) is 0.672. The van der Waals surface area contributed by atoms with Gasteiger partial charge in [-0.05, 0) is 26.8 Å². The average molecular weight is 406 g/mol. The summed E-state index contributed by atoms with van der Waals surface area (Å²) in [5.74, 6) is -4.31. The molecule has 9 heteroatoms. The monoisotopic (exact) mass is 406 g/mol. The lowest BCUT2D eigenvalue weighted by Crippen LogP contribution is -2.81. The summed E-state index contributed by atoms with van der Waals surface area (Å²) in [7, 11) is 2.63. The molecule has 1 saturated carbocycles. The first kappa shape index (κ1) is 20.0. The Morgan fingerprint density at radius 1 is 1.03 bits per heavy atom. The molecular weight excluding hydrogens is 384 g/mol. The van der Waals surface area contributed by atoms with Crippen LogP contribution >= 0.6 is 0 Å². The highest BCUT2D eigenvalue weighted by Crippen LogP contribution is 2.55. The maximum absolute atomic E-state index is 13.5. The van der Waals surface area contributed by atoms with Gasteiger partial charge in [0.2, 0.25) is 22.8 Å². The fraction of sp³-hybridized carbons (Fsp3) is 0.550. The Bertz CT molecular complexity index is 967. The smallest absolute Gasteiger partial charge is 0.225 e. The highest BCUT2D eigenvalue weighted by atomic mass is 16.8. The van der Waals surface area contributed by atoms with Crippen molar-refractivity contribution in [3.8, 4) is 11.5 Å². The summed E-state index contributed by atoms with van der Waals surface area (Å²) in [5.41, 5.74) is -7.86. The molecule has 29 heavy (non-hydrogen) atoms. The van der Waals surface area contributed by atoms with Crippen LogP contribution in [0.1, 0.15) is 47.9 Å². The molecule has 0 bridgehead atoms. The van der Waals surface area contributed by atoms with E-state index in [0.29, 0.717) is 0 Å². The normalized spacial score (nSPS) is 37.6. The molecule has 156 valence electrons. The second-order valence-corrected chi connectivity index (χ2v) is 8.30. The van der Waals surface area contributed by atoms with Crippen LogP contribution in [0.4, 0.5) is 0 Å². The SMILES string of the molecule is COc1cc(OC)c2c(c1)C(=O)[C@@]1(O)[C@H]3OC(C)(C)O[C@@]3(C)CC(=O)[C@@]1(O)C2=O. The number of ketones is 3. The van der Waals surface area contributed by atoms with E-state index in [9.17, 15) is 24.6 Å². The van der Waals surface area contributed by atoms with Gasteiger partial charge in [0.1, 0.15) is 23.2 Å². The Hall–Kier alpha value is -2.33. The van der Waals surface area contributed by atoms with Crippen molar-refractivity contribution in [2.75, 3.05) is 14.2 Å². The van der Waals surface area contributed by atoms with Crippen molar-refractivity contribution < 1.29 is 43.5 Å². The Labute approximate surface area is 166 Å². The number of Topliss-reactive ketones (excluding diaryl/α,β-unsaturated/α-hetero) is 3. The first-order valence-electron chi connectivity index (χ1n) is 9.07. The zero-order valence-corrected chi connectivity index (χ0v) is 16.7. The Morgan fingerprint density at radius 3 is 2.28 bits per heavy atom. The predicted octanol–water partition coefficient (Wildman–Crippen LogP) is 0.428. The number of benzene rings is 1. The van der Waals surface area contributed by atoms with Gasteiger partial charge in [0.05, 0.1) is 19.8 Å². The molecule has 0 amide bonds. The summed E-state index contributed by atoms with van der Waals surface area (Å²) in [5, 5.41) is 22.9. The van der Waals surface area contributed by atoms with Gasteiger partial charge in [-0.3, -0.25) is 14.4 Å². The van der Waals surface area contributed by atoms with E-state index in [-0.39, 0.29) is 22.6 Å². The third-order valence-corrected chi connectivity index (χ3v) is 5.96. The molecule has 2 fully saturated rings. The van der Waals surface area contributed by atoms with E-state index in [1.165, 1.54) is 33.3 Å². The minimum absolute atomic E-state index is 0.0572. The van der Waals surface area contributed by atoms with Crippen molar-refractivity contribution in [2.24, 2.45) is 0 Å². The topological polar surface area (TPSA) is 129 Å². The number of aliphatic hydroxyl groups is 2. The van der Waals surface area contributed by atoms with Gasteiger partial charge in [0.25, 0.3) is 0 Å². The summed E-state index contributed by atoms with van der Waals surface area (Å²) in [4.78, 5) is 39.9. The minimum Gasteiger partial charge on any atom is -0.497 e. The number of ether oxygens (including phenoxy) is 4. The number of methoxy groups -OCH3 is 2. The van der Waals surface area contributed by atoms with Gasteiger partial charge in [-0.1, -0.05) is 0 Å².